The lowest BCUT2D eigenvalue weighted by atomic mass is 10.2. The van der Waals surface area contributed by atoms with Crippen molar-refractivity contribution >= 4 is 45.8 Å². The Kier molecular flexibility index (Phi) is 4.12. The van der Waals surface area contributed by atoms with Crippen molar-refractivity contribution in [1.29, 1.82) is 0 Å². The average molecular weight is 340 g/mol. The molecule has 0 radical (unpaired) electrons. The number of para-hydroxylation sites is 1. The van der Waals surface area contributed by atoms with E-state index in [2.05, 4.69) is 0 Å². The lowest BCUT2D eigenvalue weighted by Gasteiger charge is -2.11. The van der Waals surface area contributed by atoms with Gasteiger partial charge < -0.3 is 0 Å². The molecule has 3 rings (SSSR count). The smallest absolute Gasteiger partial charge is 0.115 e. The first-order valence-corrected chi connectivity index (χ1v) is 7.89. The van der Waals surface area contributed by atoms with Gasteiger partial charge in [0.2, 0.25) is 0 Å². The fourth-order valence-electron chi connectivity index (χ4n) is 2.47. The van der Waals surface area contributed by atoms with Crippen molar-refractivity contribution in [3.63, 3.8) is 0 Å². The van der Waals surface area contributed by atoms with Gasteiger partial charge in [0, 0.05) is 17.3 Å². The van der Waals surface area contributed by atoms with Crippen molar-refractivity contribution in [3.05, 3.63) is 57.8 Å². The number of fused-ring (bicyclic) bond motifs is 1. The number of imidazole rings is 1. The van der Waals surface area contributed by atoms with E-state index in [4.69, 9.17) is 39.8 Å². The Morgan fingerprint density at radius 2 is 1.95 bits per heavy atom. The molecule has 21 heavy (non-hydrogen) atoms. The van der Waals surface area contributed by atoms with Gasteiger partial charge in [-0.3, -0.25) is 4.57 Å². The molecule has 0 spiro atoms. The molecule has 3 aromatic rings. The summed E-state index contributed by atoms with van der Waals surface area (Å²) in [6, 6.07) is 11.5. The largest absolute Gasteiger partial charge is 0.295 e. The van der Waals surface area contributed by atoms with Gasteiger partial charge >= 0.3 is 0 Å². The van der Waals surface area contributed by atoms with Gasteiger partial charge in [0.05, 0.1) is 21.7 Å². The normalized spacial score (nSPS) is 11.2. The summed E-state index contributed by atoms with van der Waals surface area (Å²) in [6.45, 7) is 2.05. The summed E-state index contributed by atoms with van der Waals surface area (Å²) < 4.78 is 2.04. The Morgan fingerprint density at radius 1 is 1.14 bits per heavy atom. The van der Waals surface area contributed by atoms with Gasteiger partial charge in [-0.05, 0) is 36.8 Å². The standard InChI is InChI=1S/C16H13Cl3N2/c1-10-3-2-4-13-16(10)20-15(7-8-17)21(13)14-9-11(18)5-6-12(14)19/h2-6,9H,7-8H2,1H3. The summed E-state index contributed by atoms with van der Waals surface area (Å²) >= 11 is 18.4. The number of benzene rings is 2. The summed E-state index contributed by atoms with van der Waals surface area (Å²) in [5.74, 6) is 1.39. The van der Waals surface area contributed by atoms with Crippen molar-refractivity contribution in [1.82, 2.24) is 9.55 Å². The number of halogens is 3. The van der Waals surface area contributed by atoms with Crippen LogP contribution in [0.3, 0.4) is 0 Å². The molecule has 2 aromatic carbocycles. The topological polar surface area (TPSA) is 17.8 Å². The molecule has 0 saturated heterocycles. The van der Waals surface area contributed by atoms with Crippen molar-refractivity contribution in [2.75, 3.05) is 5.88 Å². The maximum atomic E-state index is 6.36. The number of aromatic nitrogens is 2. The van der Waals surface area contributed by atoms with E-state index >= 15 is 0 Å². The first-order chi connectivity index (χ1) is 10.1. The Balaban J connectivity index is 2.36. The number of rotatable bonds is 3. The molecule has 108 valence electrons. The van der Waals surface area contributed by atoms with Crippen LogP contribution in [0.5, 0.6) is 0 Å². The summed E-state index contributed by atoms with van der Waals surface area (Å²) in [5, 5.41) is 1.27. The second kappa shape index (κ2) is 5.88. The van der Waals surface area contributed by atoms with Gasteiger partial charge in [-0.15, -0.1) is 11.6 Å². The fourth-order valence-corrected chi connectivity index (χ4v) is 3.00. The lowest BCUT2D eigenvalue weighted by Crippen LogP contribution is -2.03. The molecule has 1 heterocycles. The van der Waals surface area contributed by atoms with Crippen LogP contribution in [0.1, 0.15) is 11.4 Å². The number of hydrogen-bond donors (Lipinski definition) is 0. The van der Waals surface area contributed by atoms with Crippen LogP contribution in [0.25, 0.3) is 16.7 Å². The lowest BCUT2D eigenvalue weighted by molar-refractivity contribution is 0.912. The van der Waals surface area contributed by atoms with E-state index < -0.39 is 0 Å². The fraction of sp³-hybridized carbons (Fsp3) is 0.188. The highest BCUT2D eigenvalue weighted by Crippen LogP contribution is 2.30. The van der Waals surface area contributed by atoms with Crippen LogP contribution in [-0.2, 0) is 6.42 Å². The van der Waals surface area contributed by atoms with E-state index in [9.17, 15) is 0 Å². The van der Waals surface area contributed by atoms with Crippen molar-refractivity contribution in [2.45, 2.75) is 13.3 Å². The SMILES string of the molecule is Cc1cccc2c1nc(CCCl)n2-c1cc(Cl)ccc1Cl. The zero-order valence-electron chi connectivity index (χ0n) is 11.4. The van der Waals surface area contributed by atoms with Crippen LogP contribution in [0, 0.1) is 6.92 Å². The third kappa shape index (κ3) is 2.64. The first-order valence-electron chi connectivity index (χ1n) is 6.60. The Labute approximate surface area is 138 Å². The zero-order chi connectivity index (χ0) is 15.0. The van der Waals surface area contributed by atoms with Gasteiger partial charge in [0.25, 0.3) is 0 Å². The van der Waals surface area contributed by atoms with Crippen LogP contribution in [0.2, 0.25) is 10.0 Å². The van der Waals surface area contributed by atoms with E-state index in [0.717, 1.165) is 28.1 Å². The summed E-state index contributed by atoms with van der Waals surface area (Å²) in [6.07, 6.45) is 0.665. The van der Waals surface area contributed by atoms with Crippen molar-refractivity contribution < 1.29 is 0 Å². The average Bonchev–Trinajstić information content (AvgIpc) is 2.82. The Bertz CT molecular complexity index is 809. The molecule has 0 aliphatic heterocycles. The minimum Gasteiger partial charge on any atom is -0.295 e. The number of nitrogens with zero attached hydrogens (tertiary/aromatic N) is 2. The number of alkyl halides is 1. The summed E-state index contributed by atoms with van der Waals surface area (Å²) in [7, 11) is 0. The molecular weight excluding hydrogens is 327 g/mol. The molecule has 0 aliphatic rings. The predicted octanol–water partition coefficient (Wildman–Crippen LogP) is 5.42. The van der Waals surface area contributed by atoms with Crippen molar-refractivity contribution in [3.8, 4) is 5.69 Å². The third-order valence-electron chi connectivity index (χ3n) is 3.42. The van der Waals surface area contributed by atoms with Crippen LogP contribution in [0.4, 0.5) is 0 Å². The van der Waals surface area contributed by atoms with Gasteiger partial charge in [-0.1, -0.05) is 35.3 Å². The highest BCUT2D eigenvalue weighted by molar-refractivity contribution is 6.34. The van der Waals surface area contributed by atoms with Crippen molar-refractivity contribution in [2.24, 2.45) is 0 Å². The van der Waals surface area contributed by atoms with Crippen LogP contribution < -0.4 is 0 Å². The summed E-state index contributed by atoms with van der Waals surface area (Å²) in [4.78, 5) is 4.73. The highest BCUT2D eigenvalue weighted by atomic mass is 35.5. The minimum atomic E-state index is 0.501. The molecule has 0 unspecified atom stereocenters. The maximum absolute atomic E-state index is 6.36. The van der Waals surface area contributed by atoms with E-state index in [-0.39, 0.29) is 0 Å². The van der Waals surface area contributed by atoms with Crippen LogP contribution in [0.15, 0.2) is 36.4 Å². The molecule has 0 aliphatic carbocycles. The Morgan fingerprint density at radius 3 is 2.71 bits per heavy atom. The number of aryl methyl sites for hydroxylation is 2. The van der Waals surface area contributed by atoms with Gasteiger partial charge in [0.1, 0.15) is 5.82 Å². The number of hydrogen-bond acceptors (Lipinski definition) is 1. The predicted molar refractivity (Wildman–Crippen MR) is 90.3 cm³/mol. The molecule has 0 N–H and O–H groups in total. The highest BCUT2D eigenvalue weighted by Gasteiger charge is 2.15. The third-order valence-corrected chi connectivity index (χ3v) is 4.17. The van der Waals surface area contributed by atoms with Gasteiger partial charge in [-0.25, -0.2) is 4.98 Å². The van der Waals surface area contributed by atoms with Gasteiger partial charge in [-0.2, -0.15) is 0 Å². The quantitative estimate of drug-likeness (QED) is 0.582. The van der Waals surface area contributed by atoms with Gasteiger partial charge in [0.15, 0.2) is 0 Å². The molecule has 0 fully saturated rings. The molecule has 0 amide bonds. The molecule has 1 aromatic heterocycles. The maximum Gasteiger partial charge on any atom is 0.115 e. The molecular formula is C16H13Cl3N2. The molecule has 2 nitrogen and oxygen atoms in total. The minimum absolute atomic E-state index is 0.501. The molecule has 0 atom stereocenters. The second-order valence-electron chi connectivity index (χ2n) is 4.84. The second-order valence-corrected chi connectivity index (χ2v) is 6.06. The van der Waals surface area contributed by atoms with E-state index in [1.807, 2.05) is 35.8 Å². The van der Waals surface area contributed by atoms with Crippen LogP contribution in [-0.4, -0.2) is 15.4 Å². The monoisotopic (exact) mass is 338 g/mol. The van der Waals surface area contributed by atoms with E-state index in [1.165, 1.54) is 0 Å². The van der Waals surface area contributed by atoms with E-state index in [1.54, 1.807) is 12.1 Å². The summed E-state index contributed by atoms with van der Waals surface area (Å²) in [5.41, 5.74) is 3.94. The molecule has 0 bridgehead atoms. The van der Waals surface area contributed by atoms with E-state index in [0.29, 0.717) is 22.3 Å². The molecule has 0 saturated carbocycles. The first kappa shape index (κ1) is 14.7. The Hall–Kier alpha value is -1.22. The zero-order valence-corrected chi connectivity index (χ0v) is 13.7. The molecule has 5 heteroatoms. The van der Waals surface area contributed by atoms with Crippen LogP contribution >= 0.6 is 34.8 Å².